The summed E-state index contributed by atoms with van der Waals surface area (Å²) in [7, 11) is 0. The summed E-state index contributed by atoms with van der Waals surface area (Å²) in [5, 5.41) is 0. The Morgan fingerprint density at radius 1 is 1.07 bits per heavy atom. The number of hydrogen-bond donors (Lipinski definition) is 0. The summed E-state index contributed by atoms with van der Waals surface area (Å²) in [5.41, 5.74) is 3.53. The second kappa shape index (κ2) is 7.28. The van der Waals surface area contributed by atoms with E-state index in [9.17, 15) is 9.18 Å². The van der Waals surface area contributed by atoms with Gasteiger partial charge in [-0.3, -0.25) is 4.79 Å². The van der Waals surface area contributed by atoms with Crippen LogP contribution >= 0.6 is 0 Å². The molecule has 0 N–H and O–H groups in total. The average Bonchev–Trinajstić information content (AvgIpc) is 2.69. The Balaban J connectivity index is 1.54. The van der Waals surface area contributed by atoms with Gasteiger partial charge < -0.3 is 9.64 Å². The summed E-state index contributed by atoms with van der Waals surface area (Å²) in [6.45, 7) is 4.28. The third kappa shape index (κ3) is 3.67. The average molecular weight is 365 g/mol. The lowest BCUT2D eigenvalue weighted by Gasteiger charge is -2.42. The first kappa shape index (κ1) is 17.9. The maximum absolute atomic E-state index is 13.3. The van der Waals surface area contributed by atoms with Gasteiger partial charge in [-0.15, -0.1) is 0 Å². The summed E-state index contributed by atoms with van der Waals surface area (Å²) in [5.74, 6) is -0.249. The smallest absolute Gasteiger partial charge is 0.254 e. The fourth-order valence-electron chi connectivity index (χ4n) is 4.08. The van der Waals surface area contributed by atoms with Crippen molar-refractivity contribution in [2.75, 3.05) is 19.7 Å². The van der Waals surface area contributed by atoms with E-state index in [-0.39, 0.29) is 17.3 Å². The molecule has 2 aromatic carbocycles. The van der Waals surface area contributed by atoms with Crippen LogP contribution in [0.25, 0.3) is 11.1 Å². The largest absolute Gasteiger partial charge is 0.370 e. The highest BCUT2D eigenvalue weighted by atomic mass is 19.1. The standard InChI is InChI=1S/C23H24FNO2/c1-17-10-15-27-23(16-17)11-13-25(14-12-23)22(26)21-5-3-2-4-20(21)18-6-8-19(24)9-7-18/h2-9,16H,10-15H2,1H3. The minimum atomic E-state index is -0.278. The van der Waals surface area contributed by atoms with Gasteiger partial charge in [-0.25, -0.2) is 4.39 Å². The zero-order valence-corrected chi connectivity index (χ0v) is 15.6. The fourth-order valence-corrected chi connectivity index (χ4v) is 4.08. The van der Waals surface area contributed by atoms with Crippen LogP contribution < -0.4 is 0 Å². The zero-order chi connectivity index (χ0) is 18.9. The molecular weight excluding hydrogens is 341 g/mol. The van der Waals surface area contributed by atoms with Crippen molar-refractivity contribution in [3.8, 4) is 11.1 Å². The summed E-state index contributed by atoms with van der Waals surface area (Å²) in [4.78, 5) is 15.1. The van der Waals surface area contributed by atoms with Crippen LogP contribution in [-0.4, -0.2) is 36.1 Å². The van der Waals surface area contributed by atoms with E-state index in [1.54, 1.807) is 12.1 Å². The highest BCUT2D eigenvalue weighted by molar-refractivity contribution is 6.01. The van der Waals surface area contributed by atoms with E-state index < -0.39 is 0 Å². The van der Waals surface area contributed by atoms with Crippen molar-refractivity contribution in [2.45, 2.75) is 31.8 Å². The molecule has 0 radical (unpaired) electrons. The molecule has 0 saturated carbocycles. The lowest BCUT2D eigenvalue weighted by atomic mass is 9.86. The predicted molar refractivity (Wildman–Crippen MR) is 104 cm³/mol. The van der Waals surface area contributed by atoms with Crippen molar-refractivity contribution < 1.29 is 13.9 Å². The van der Waals surface area contributed by atoms with Crippen molar-refractivity contribution in [1.82, 2.24) is 4.90 Å². The van der Waals surface area contributed by atoms with Crippen LogP contribution in [0.2, 0.25) is 0 Å². The van der Waals surface area contributed by atoms with Gasteiger partial charge in [0.1, 0.15) is 5.82 Å². The van der Waals surface area contributed by atoms with Gasteiger partial charge in [0, 0.05) is 18.7 Å². The van der Waals surface area contributed by atoms with Crippen LogP contribution in [0.4, 0.5) is 4.39 Å². The van der Waals surface area contributed by atoms with Gasteiger partial charge >= 0.3 is 0 Å². The first-order valence-corrected chi connectivity index (χ1v) is 9.53. The van der Waals surface area contributed by atoms with E-state index in [0.717, 1.165) is 37.0 Å². The lowest BCUT2D eigenvalue weighted by molar-refractivity contribution is -0.0522. The summed E-state index contributed by atoms with van der Waals surface area (Å²) in [6.07, 6.45) is 4.91. The Hall–Kier alpha value is -2.46. The molecule has 0 atom stereocenters. The summed E-state index contributed by atoms with van der Waals surface area (Å²) < 4.78 is 19.3. The highest BCUT2D eigenvalue weighted by Crippen LogP contribution is 2.34. The van der Waals surface area contributed by atoms with Gasteiger partial charge in [-0.05, 0) is 55.5 Å². The number of halogens is 1. The van der Waals surface area contributed by atoms with Gasteiger partial charge in [0.15, 0.2) is 0 Å². The molecule has 1 spiro atoms. The van der Waals surface area contributed by atoms with E-state index in [1.165, 1.54) is 17.7 Å². The highest BCUT2D eigenvalue weighted by Gasteiger charge is 2.37. The second-order valence-electron chi connectivity index (χ2n) is 7.50. The van der Waals surface area contributed by atoms with Crippen molar-refractivity contribution >= 4 is 5.91 Å². The quantitative estimate of drug-likeness (QED) is 0.713. The molecule has 2 aromatic rings. The molecule has 4 rings (SSSR count). The Morgan fingerprint density at radius 3 is 2.48 bits per heavy atom. The molecule has 140 valence electrons. The van der Waals surface area contributed by atoms with Gasteiger partial charge in [0.05, 0.1) is 12.2 Å². The monoisotopic (exact) mass is 365 g/mol. The lowest BCUT2D eigenvalue weighted by Crippen LogP contribution is -2.48. The third-order valence-corrected chi connectivity index (χ3v) is 5.61. The number of carbonyl (C=O) groups is 1. The molecule has 0 aromatic heterocycles. The molecule has 2 aliphatic heterocycles. The number of carbonyl (C=O) groups excluding carboxylic acids is 1. The number of hydrogen-bond acceptors (Lipinski definition) is 2. The van der Waals surface area contributed by atoms with Crippen LogP contribution in [0.15, 0.2) is 60.2 Å². The summed E-state index contributed by atoms with van der Waals surface area (Å²) in [6, 6.07) is 13.8. The van der Waals surface area contributed by atoms with Crippen molar-refractivity contribution in [2.24, 2.45) is 0 Å². The molecule has 1 fully saturated rings. The molecule has 2 heterocycles. The first-order chi connectivity index (χ1) is 13.1. The van der Waals surface area contributed by atoms with E-state index in [0.29, 0.717) is 18.7 Å². The molecule has 27 heavy (non-hydrogen) atoms. The van der Waals surface area contributed by atoms with Gasteiger partial charge in [0.25, 0.3) is 5.91 Å². The van der Waals surface area contributed by atoms with Crippen LogP contribution in [0.5, 0.6) is 0 Å². The normalized spacial score (nSPS) is 19.0. The van der Waals surface area contributed by atoms with E-state index in [2.05, 4.69) is 13.0 Å². The van der Waals surface area contributed by atoms with E-state index in [4.69, 9.17) is 4.74 Å². The van der Waals surface area contributed by atoms with Gasteiger partial charge in [-0.2, -0.15) is 0 Å². The maximum atomic E-state index is 13.3. The molecule has 2 aliphatic rings. The fraction of sp³-hybridized carbons (Fsp3) is 0.348. The minimum Gasteiger partial charge on any atom is -0.370 e. The van der Waals surface area contributed by atoms with Gasteiger partial charge in [0.2, 0.25) is 0 Å². The molecule has 1 amide bonds. The first-order valence-electron chi connectivity index (χ1n) is 9.53. The number of nitrogens with zero attached hydrogens (tertiary/aromatic N) is 1. The Bertz CT molecular complexity index is 864. The molecular formula is C23H24FNO2. The van der Waals surface area contributed by atoms with Crippen LogP contribution in [0, 0.1) is 5.82 Å². The van der Waals surface area contributed by atoms with Crippen LogP contribution in [-0.2, 0) is 4.74 Å². The number of rotatable bonds is 2. The number of likely N-dealkylation sites (tertiary alicyclic amines) is 1. The van der Waals surface area contributed by atoms with E-state index >= 15 is 0 Å². The number of ether oxygens (including phenoxy) is 1. The summed E-state index contributed by atoms with van der Waals surface area (Å²) >= 11 is 0. The molecule has 4 heteroatoms. The Labute approximate surface area is 159 Å². The molecule has 0 unspecified atom stereocenters. The molecule has 0 aliphatic carbocycles. The molecule has 3 nitrogen and oxygen atoms in total. The molecule has 0 bridgehead atoms. The van der Waals surface area contributed by atoms with Crippen molar-refractivity contribution in [1.29, 1.82) is 0 Å². The van der Waals surface area contributed by atoms with Gasteiger partial charge in [-0.1, -0.05) is 42.0 Å². The van der Waals surface area contributed by atoms with E-state index in [1.807, 2.05) is 29.2 Å². The van der Waals surface area contributed by atoms with Crippen LogP contribution in [0.3, 0.4) is 0 Å². The topological polar surface area (TPSA) is 29.5 Å². The van der Waals surface area contributed by atoms with Crippen molar-refractivity contribution in [3.63, 3.8) is 0 Å². The Morgan fingerprint density at radius 2 is 1.78 bits per heavy atom. The second-order valence-corrected chi connectivity index (χ2v) is 7.50. The predicted octanol–water partition coefficient (Wildman–Crippen LogP) is 4.83. The van der Waals surface area contributed by atoms with Crippen LogP contribution in [0.1, 0.15) is 36.5 Å². The number of amides is 1. The Kier molecular flexibility index (Phi) is 4.83. The number of benzene rings is 2. The van der Waals surface area contributed by atoms with Crippen molar-refractivity contribution in [3.05, 3.63) is 71.6 Å². The maximum Gasteiger partial charge on any atom is 0.254 e. The minimum absolute atomic E-state index is 0.0290. The number of piperidine rings is 1. The zero-order valence-electron chi connectivity index (χ0n) is 15.6. The third-order valence-electron chi connectivity index (χ3n) is 5.61. The SMILES string of the molecule is CC1=CC2(CCN(C(=O)c3ccccc3-c3ccc(F)cc3)CC2)OCC1. The molecule has 1 saturated heterocycles.